The SMILES string of the molecule is CCCCCN1CCCN(c2ccccc2)CC1. The fourth-order valence-electron chi connectivity index (χ4n) is 2.68. The van der Waals surface area contributed by atoms with Gasteiger partial charge in [-0.15, -0.1) is 0 Å². The monoisotopic (exact) mass is 246 g/mol. The van der Waals surface area contributed by atoms with Crippen LogP contribution >= 0.6 is 0 Å². The third kappa shape index (κ3) is 4.02. The molecule has 100 valence electrons. The van der Waals surface area contributed by atoms with Gasteiger partial charge < -0.3 is 9.80 Å². The van der Waals surface area contributed by atoms with Gasteiger partial charge in [-0.1, -0.05) is 38.0 Å². The van der Waals surface area contributed by atoms with Crippen molar-refractivity contribution < 1.29 is 0 Å². The van der Waals surface area contributed by atoms with Crippen LogP contribution in [0.1, 0.15) is 32.6 Å². The van der Waals surface area contributed by atoms with E-state index in [1.54, 1.807) is 0 Å². The molecule has 2 nitrogen and oxygen atoms in total. The van der Waals surface area contributed by atoms with Crippen molar-refractivity contribution in [2.45, 2.75) is 32.6 Å². The van der Waals surface area contributed by atoms with Crippen molar-refractivity contribution in [1.82, 2.24) is 4.90 Å². The summed E-state index contributed by atoms with van der Waals surface area (Å²) in [4.78, 5) is 5.17. The molecule has 1 aromatic rings. The molecule has 0 atom stereocenters. The molecule has 1 saturated heterocycles. The minimum atomic E-state index is 1.18. The Bertz CT molecular complexity index is 323. The molecule has 1 heterocycles. The van der Waals surface area contributed by atoms with Crippen molar-refractivity contribution in [3.8, 4) is 0 Å². The Hall–Kier alpha value is -1.02. The summed E-state index contributed by atoms with van der Waals surface area (Å²) in [5.41, 5.74) is 1.38. The lowest BCUT2D eigenvalue weighted by atomic mass is 10.2. The van der Waals surface area contributed by atoms with Crippen LogP contribution in [0.4, 0.5) is 5.69 Å². The van der Waals surface area contributed by atoms with Crippen molar-refractivity contribution in [2.75, 3.05) is 37.6 Å². The van der Waals surface area contributed by atoms with Gasteiger partial charge in [0.05, 0.1) is 0 Å². The van der Waals surface area contributed by atoms with Gasteiger partial charge in [0.2, 0.25) is 0 Å². The number of benzene rings is 1. The molecule has 18 heavy (non-hydrogen) atoms. The molecule has 0 spiro atoms. The van der Waals surface area contributed by atoms with Gasteiger partial charge in [-0.3, -0.25) is 0 Å². The van der Waals surface area contributed by atoms with E-state index in [0.717, 1.165) is 0 Å². The maximum atomic E-state index is 2.64. The zero-order chi connectivity index (χ0) is 12.6. The van der Waals surface area contributed by atoms with E-state index in [1.165, 1.54) is 64.1 Å². The number of anilines is 1. The van der Waals surface area contributed by atoms with Crippen LogP contribution in [-0.2, 0) is 0 Å². The first-order chi connectivity index (χ1) is 8.90. The molecule has 0 unspecified atom stereocenters. The van der Waals surface area contributed by atoms with E-state index in [-0.39, 0.29) is 0 Å². The number of para-hydroxylation sites is 1. The van der Waals surface area contributed by atoms with Crippen molar-refractivity contribution in [1.29, 1.82) is 0 Å². The van der Waals surface area contributed by atoms with Gasteiger partial charge in [0.25, 0.3) is 0 Å². The molecule has 1 aliphatic rings. The van der Waals surface area contributed by atoms with Gasteiger partial charge in [-0.25, -0.2) is 0 Å². The van der Waals surface area contributed by atoms with Crippen LogP contribution in [-0.4, -0.2) is 37.6 Å². The van der Waals surface area contributed by atoms with Crippen LogP contribution in [0.3, 0.4) is 0 Å². The highest BCUT2D eigenvalue weighted by Gasteiger charge is 2.14. The maximum absolute atomic E-state index is 2.64. The minimum absolute atomic E-state index is 1.18. The number of nitrogens with zero attached hydrogens (tertiary/aromatic N) is 2. The molecule has 0 aliphatic carbocycles. The van der Waals surface area contributed by atoms with Gasteiger partial charge >= 0.3 is 0 Å². The largest absolute Gasteiger partial charge is 0.370 e. The Morgan fingerprint density at radius 3 is 2.56 bits per heavy atom. The van der Waals surface area contributed by atoms with Crippen molar-refractivity contribution in [3.63, 3.8) is 0 Å². The number of rotatable bonds is 5. The highest BCUT2D eigenvalue weighted by Crippen LogP contribution is 2.15. The summed E-state index contributed by atoms with van der Waals surface area (Å²) in [5, 5.41) is 0. The Morgan fingerprint density at radius 2 is 1.78 bits per heavy atom. The smallest absolute Gasteiger partial charge is 0.0366 e. The number of hydrogen-bond acceptors (Lipinski definition) is 2. The van der Waals surface area contributed by atoms with Crippen LogP contribution < -0.4 is 4.90 Å². The van der Waals surface area contributed by atoms with Gasteiger partial charge in [0.1, 0.15) is 0 Å². The van der Waals surface area contributed by atoms with E-state index < -0.39 is 0 Å². The summed E-state index contributed by atoms with van der Waals surface area (Å²) in [5.74, 6) is 0. The zero-order valence-corrected chi connectivity index (χ0v) is 11.6. The Labute approximate surface area is 112 Å². The summed E-state index contributed by atoms with van der Waals surface area (Å²) >= 11 is 0. The lowest BCUT2D eigenvalue weighted by molar-refractivity contribution is 0.287. The van der Waals surface area contributed by atoms with Crippen LogP contribution in [0.2, 0.25) is 0 Å². The molecule has 0 bridgehead atoms. The van der Waals surface area contributed by atoms with Gasteiger partial charge in [0, 0.05) is 25.3 Å². The lowest BCUT2D eigenvalue weighted by Gasteiger charge is -2.23. The second kappa shape index (κ2) is 7.42. The molecule has 0 N–H and O–H groups in total. The Morgan fingerprint density at radius 1 is 0.944 bits per heavy atom. The molecular weight excluding hydrogens is 220 g/mol. The van der Waals surface area contributed by atoms with Crippen molar-refractivity contribution >= 4 is 5.69 Å². The average molecular weight is 246 g/mol. The topological polar surface area (TPSA) is 6.48 Å². The van der Waals surface area contributed by atoms with Crippen LogP contribution in [0.25, 0.3) is 0 Å². The first kappa shape index (κ1) is 13.4. The molecular formula is C16H26N2. The number of hydrogen-bond donors (Lipinski definition) is 0. The molecule has 2 rings (SSSR count). The van der Waals surface area contributed by atoms with E-state index in [4.69, 9.17) is 0 Å². The third-order valence-corrected chi connectivity index (χ3v) is 3.79. The molecule has 0 saturated carbocycles. The summed E-state index contributed by atoms with van der Waals surface area (Å²) in [7, 11) is 0. The van der Waals surface area contributed by atoms with E-state index in [2.05, 4.69) is 47.1 Å². The Balaban J connectivity index is 1.81. The molecule has 1 aromatic carbocycles. The van der Waals surface area contributed by atoms with E-state index in [1.807, 2.05) is 0 Å². The summed E-state index contributed by atoms with van der Waals surface area (Å²) in [6.45, 7) is 8.44. The van der Waals surface area contributed by atoms with E-state index >= 15 is 0 Å². The molecule has 0 radical (unpaired) electrons. The van der Waals surface area contributed by atoms with E-state index in [0.29, 0.717) is 0 Å². The normalized spacial score (nSPS) is 17.7. The van der Waals surface area contributed by atoms with Crippen molar-refractivity contribution in [2.24, 2.45) is 0 Å². The highest BCUT2D eigenvalue weighted by atomic mass is 15.2. The Kier molecular flexibility index (Phi) is 5.53. The van der Waals surface area contributed by atoms with Gasteiger partial charge in [0.15, 0.2) is 0 Å². The quantitative estimate of drug-likeness (QED) is 0.735. The van der Waals surface area contributed by atoms with Crippen LogP contribution in [0.5, 0.6) is 0 Å². The fraction of sp³-hybridized carbons (Fsp3) is 0.625. The van der Waals surface area contributed by atoms with Crippen LogP contribution in [0.15, 0.2) is 30.3 Å². The van der Waals surface area contributed by atoms with Crippen LogP contribution in [0, 0.1) is 0 Å². The molecule has 1 aliphatic heterocycles. The predicted octanol–water partition coefficient (Wildman–Crippen LogP) is 3.39. The highest BCUT2D eigenvalue weighted by molar-refractivity contribution is 5.46. The van der Waals surface area contributed by atoms with Gasteiger partial charge in [-0.05, 0) is 38.1 Å². The first-order valence-corrected chi connectivity index (χ1v) is 7.42. The summed E-state index contributed by atoms with van der Waals surface area (Å²) < 4.78 is 0. The predicted molar refractivity (Wildman–Crippen MR) is 79.2 cm³/mol. The summed E-state index contributed by atoms with van der Waals surface area (Å²) in [6, 6.07) is 10.8. The molecule has 0 amide bonds. The third-order valence-electron chi connectivity index (χ3n) is 3.79. The van der Waals surface area contributed by atoms with E-state index in [9.17, 15) is 0 Å². The minimum Gasteiger partial charge on any atom is -0.370 e. The summed E-state index contributed by atoms with van der Waals surface area (Å²) in [6.07, 6.45) is 5.35. The second-order valence-corrected chi connectivity index (χ2v) is 5.22. The number of unbranched alkanes of at least 4 members (excludes halogenated alkanes) is 2. The standard InChI is InChI=1S/C16H26N2/c1-2-3-7-11-17-12-8-13-18(15-14-17)16-9-5-4-6-10-16/h4-6,9-10H,2-3,7-8,11-15H2,1H3. The van der Waals surface area contributed by atoms with Crippen molar-refractivity contribution in [3.05, 3.63) is 30.3 Å². The zero-order valence-electron chi connectivity index (χ0n) is 11.6. The molecule has 0 aromatic heterocycles. The average Bonchev–Trinajstić information content (AvgIpc) is 2.66. The molecule has 1 fully saturated rings. The first-order valence-electron chi connectivity index (χ1n) is 7.42. The maximum Gasteiger partial charge on any atom is 0.0366 e. The van der Waals surface area contributed by atoms with Gasteiger partial charge in [-0.2, -0.15) is 0 Å². The molecule has 2 heteroatoms. The lowest BCUT2D eigenvalue weighted by Crippen LogP contribution is -2.31. The second-order valence-electron chi connectivity index (χ2n) is 5.22. The fourth-order valence-corrected chi connectivity index (χ4v) is 2.68.